The van der Waals surface area contributed by atoms with Crippen molar-refractivity contribution < 1.29 is 4.79 Å². The van der Waals surface area contributed by atoms with Crippen LogP contribution in [0.25, 0.3) is 0 Å². The van der Waals surface area contributed by atoms with E-state index in [0.717, 1.165) is 12.8 Å². The van der Waals surface area contributed by atoms with Gasteiger partial charge in [-0.25, -0.2) is 0 Å². The number of carbonyl (C=O) groups is 1. The lowest BCUT2D eigenvalue weighted by Gasteiger charge is -2.36. The minimum atomic E-state index is 0.0560. The van der Waals surface area contributed by atoms with E-state index in [9.17, 15) is 4.79 Å². The fourth-order valence-corrected chi connectivity index (χ4v) is 3.42. The summed E-state index contributed by atoms with van der Waals surface area (Å²) >= 11 is 0. The van der Waals surface area contributed by atoms with Gasteiger partial charge in [0.05, 0.1) is 11.3 Å². The van der Waals surface area contributed by atoms with Crippen molar-refractivity contribution >= 4 is 11.6 Å². The van der Waals surface area contributed by atoms with Gasteiger partial charge < -0.3 is 5.32 Å². The van der Waals surface area contributed by atoms with Crippen molar-refractivity contribution in [3.05, 3.63) is 29.8 Å². The number of hydrogen-bond acceptors (Lipinski definition) is 2. The number of nitrogens with one attached hydrogen (secondary N) is 1. The SMILES string of the molecule is CC(C)[C@@H]1CC[C@@H](C)C[C@H]1C(=O)Nc1ccccc1C#N. The van der Waals surface area contributed by atoms with Gasteiger partial charge >= 0.3 is 0 Å². The smallest absolute Gasteiger partial charge is 0.227 e. The molecule has 0 radical (unpaired) electrons. The zero-order valence-corrected chi connectivity index (χ0v) is 13.1. The Hall–Kier alpha value is -1.82. The maximum Gasteiger partial charge on any atom is 0.227 e. The van der Waals surface area contributed by atoms with Crippen LogP contribution in [-0.2, 0) is 4.79 Å². The molecular formula is C18H24N2O. The fourth-order valence-electron chi connectivity index (χ4n) is 3.42. The molecule has 21 heavy (non-hydrogen) atoms. The van der Waals surface area contributed by atoms with Crippen LogP contribution >= 0.6 is 0 Å². The summed E-state index contributed by atoms with van der Waals surface area (Å²) in [6.45, 7) is 6.62. The number of nitrogens with zero attached hydrogens (tertiary/aromatic N) is 1. The fraction of sp³-hybridized carbons (Fsp3) is 0.556. The summed E-state index contributed by atoms with van der Waals surface area (Å²) in [7, 11) is 0. The van der Waals surface area contributed by atoms with Crippen LogP contribution in [0.2, 0.25) is 0 Å². The molecule has 112 valence electrons. The number of amides is 1. The van der Waals surface area contributed by atoms with E-state index in [1.54, 1.807) is 12.1 Å². The van der Waals surface area contributed by atoms with Crippen molar-refractivity contribution in [2.24, 2.45) is 23.7 Å². The van der Waals surface area contributed by atoms with Crippen LogP contribution in [0.4, 0.5) is 5.69 Å². The molecule has 0 aromatic heterocycles. The van der Waals surface area contributed by atoms with E-state index in [1.165, 1.54) is 6.42 Å². The Morgan fingerprint density at radius 1 is 1.33 bits per heavy atom. The monoisotopic (exact) mass is 284 g/mol. The first-order valence-corrected chi connectivity index (χ1v) is 7.83. The van der Waals surface area contributed by atoms with Crippen LogP contribution in [0.5, 0.6) is 0 Å². The van der Waals surface area contributed by atoms with E-state index in [0.29, 0.717) is 29.0 Å². The topological polar surface area (TPSA) is 52.9 Å². The second-order valence-corrected chi connectivity index (χ2v) is 6.58. The maximum absolute atomic E-state index is 12.7. The first-order valence-electron chi connectivity index (χ1n) is 7.83. The molecular weight excluding hydrogens is 260 g/mol. The molecule has 3 heteroatoms. The van der Waals surface area contributed by atoms with Gasteiger partial charge in [0.15, 0.2) is 0 Å². The number of carbonyl (C=O) groups excluding carboxylic acids is 1. The van der Waals surface area contributed by atoms with E-state index in [1.807, 2.05) is 12.1 Å². The van der Waals surface area contributed by atoms with Gasteiger partial charge in [-0.2, -0.15) is 5.26 Å². The number of benzene rings is 1. The largest absolute Gasteiger partial charge is 0.325 e. The number of rotatable bonds is 3. The molecule has 3 atom stereocenters. The van der Waals surface area contributed by atoms with E-state index < -0.39 is 0 Å². The van der Waals surface area contributed by atoms with Gasteiger partial charge in [0.1, 0.15) is 6.07 Å². The minimum Gasteiger partial charge on any atom is -0.325 e. The normalized spacial score (nSPS) is 25.4. The highest BCUT2D eigenvalue weighted by atomic mass is 16.1. The summed E-state index contributed by atoms with van der Waals surface area (Å²) in [6, 6.07) is 9.33. The van der Waals surface area contributed by atoms with Gasteiger partial charge in [-0.1, -0.05) is 39.3 Å². The molecule has 0 saturated heterocycles. The molecule has 1 aliphatic rings. The van der Waals surface area contributed by atoms with Crippen molar-refractivity contribution in [1.29, 1.82) is 5.26 Å². The second kappa shape index (κ2) is 6.76. The predicted octanol–water partition coefficient (Wildman–Crippen LogP) is 4.21. The lowest BCUT2D eigenvalue weighted by atomic mass is 9.70. The molecule has 0 unspecified atom stereocenters. The summed E-state index contributed by atoms with van der Waals surface area (Å²) in [4.78, 5) is 12.7. The highest BCUT2D eigenvalue weighted by molar-refractivity contribution is 5.94. The number of anilines is 1. The predicted molar refractivity (Wildman–Crippen MR) is 84.6 cm³/mol. The van der Waals surface area contributed by atoms with Gasteiger partial charge in [0, 0.05) is 5.92 Å². The highest BCUT2D eigenvalue weighted by Gasteiger charge is 2.35. The van der Waals surface area contributed by atoms with Crippen molar-refractivity contribution in [2.45, 2.75) is 40.0 Å². The van der Waals surface area contributed by atoms with Gasteiger partial charge in [0.25, 0.3) is 0 Å². The van der Waals surface area contributed by atoms with Gasteiger partial charge in [-0.15, -0.1) is 0 Å². The van der Waals surface area contributed by atoms with Crippen molar-refractivity contribution in [2.75, 3.05) is 5.32 Å². The molecule has 1 aromatic carbocycles. The molecule has 2 rings (SSSR count). The molecule has 1 amide bonds. The van der Waals surface area contributed by atoms with Crippen LogP contribution < -0.4 is 5.32 Å². The summed E-state index contributed by atoms with van der Waals surface area (Å²) in [5, 5.41) is 12.1. The Balaban J connectivity index is 2.15. The number of hydrogen-bond donors (Lipinski definition) is 1. The van der Waals surface area contributed by atoms with Crippen LogP contribution in [0.1, 0.15) is 45.6 Å². The third-order valence-corrected chi connectivity index (χ3v) is 4.66. The first kappa shape index (κ1) is 15.6. The van der Waals surface area contributed by atoms with Gasteiger partial charge in [-0.3, -0.25) is 4.79 Å². The van der Waals surface area contributed by atoms with Crippen molar-refractivity contribution in [3.63, 3.8) is 0 Å². The molecule has 1 aromatic rings. The first-order chi connectivity index (χ1) is 10.0. The average Bonchev–Trinajstić information content (AvgIpc) is 2.47. The Bertz CT molecular complexity index is 544. The third kappa shape index (κ3) is 3.64. The van der Waals surface area contributed by atoms with E-state index >= 15 is 0 Å². The zero-order valence-electron chi connectivity index (χ0n) is 13.1. The highest BCUT2D eigenvalue weighted by Crippen LogP contribution is 2.38. The van der Waals surface area contributed by atoms with Crippen LogP contribution in [0.3, 0.4) is 0 Å². The van der Waals surface area contributed by atoms with Crippen LogP contribution in [0.15, 0.2) is 24.3 Å². The Kier molecular flexibility index (Phi) is 5.01. The minimum absolute atomic E-state index is 0.0560. The molecule has 1 fully saturated rings. The molecule has 1 N–H and O–H groups in total. The van der Waals surface area contributed by atoms with Crippen molar-refractivity contribution in [1.82, 2.24) is 0 Å². The quantitative estimate of drug-likeness (QED) is 0.904. The van der Waals surface area contributed by atoms with Crippen molar-refractivity contribution in [3.8, 4) is 6.07 Å². The maximum atomic E-state index is 12.7. The Morgan fingerprint density at radius 2 is 2.05 bits per heavy atom. The zero-order chi connectivity index (χ0) is 15.4. The van der Waals surface area contributed by atoms with E-state index in [2.05, 4.69) is 32.2 Å². The second-order valence-electron chi connectivity index (χ2n) is 6.58. The Morgan fingerprint density at radius 3 is 2.71 bits per heavy atom. The molecule has 3 nitrogen and oxygen atoms in total. The Labute approximate surface area is 127 Å². The van der Waals surface area contributed by atoms with E-state index in [4.69, 9.17) is 5.26 Å². The number of nitriles is 1. The summed E-state index contributed by atoms with van der Waals surface area (Å²) in [5.41, 5.74) is 1.15. The molecule has 1 saturated carbocycles. The van der Waals surface area contributed by atoms with Gasteiger partial charge in [0.2, 0.25) is 5.91 Å². The third-order valence-electron chi connectivity index (χ3n) is 4.66. The molecule has 0 bridgehead atoms. The van der Waals surface area contributed by atoms with Crippen LogP contribution in [-0.4, -0.2) is 5.91 Å². The molecule has 0 aliphatic heterocycles. The summed E-state index contributed by atoms with van der Waals surface area (Å²) in [5.74, 6) is 1.68. The van der Waals surface area contributed by atoms with E-state index in [-0.39, 0.29) is 11.8 Å². The average molecular weight is 284 g/mol. The lowest BCUT2D eigenvalue weighted by Crippen LogP contribution is -2.36. The van der Waals surface area contributed by atoms with Crippen LogP contribution in [0, 0.1) is 35.0 Å². The summed E-state index contributed by atoms with van der Waals surface area (Å²) in [6.07, 6.45) is 3.28. The molecule has 0 heterocycles. The molecule has 1 aliphatic carbocycles. The number of para-hydroxylation sites is 1. The summed E-state index contributed by atoms with van der Waals surface area (Å²) < 4.78 is 0. The lowest BCUT2D eigenvalue weighted by molar-refractivity contribution is -0.123. The van der Waals surface area contributed by atoms with Gasteiger partial charge in [-0.05, 0) is 42.7 Å². The molecule has 0 spiro atoms. The standard InChI is InChI=1S/C18H24N2O/c1-12(2)15-9-8-13(3)10-16(15)18(21)20-17-7-5-4-6-14(17)11-19/h4-7,12-13,15-16H,8-10H2,1-3H3,(H,20,21)/t13-,15+,16-/m1/s1.